The highest BCUT2D eigenvalue weighted by Crippen LogP contribution is 2.41. The average Bonchev–Trinajstić information content (AvgIpc) is 3.99. The number of hydrogen-bond donors (Lipinski definition) is 0. The van der Waals surface area contributed by atoms with Crippen molar-refractivity contribution in [3.05, 3.63) is 187 Å². The van der Waals surface area contributed by atoms with Crippen molar-refractivity contribution in [3.63, 3.8) is 0 Å². The Bertz CT molecular complexity index is 3510. The first kappa shape index (κ1) is 36.8. The van der Waals surface area contributed by atoms with E-state index < -0.39 is 0 Å². The summed E-state index contributed by atoms with van der Waals surface area (Å²) in [7, 11) is 0. The molecule has 63 heavy (non-hydrogen) atoms. The molecule has 3 nitrogen and oxygen atoms in total. The summed E-state index contributed by atoms with van der Waals surface area (Å²) in [4.78, 5) is 0. The van der Waals surface area contributed by atoms with Gasteiger partial charge < -0.3 is 13.7 Å². The van der Waals surface area contributed by atoms with Crippen LogP contribution in [0.3, 0.4) is 0 Å². The van der Waals surface area contributed by atoms with Crippen LogP contribution in [0.5, 0.6) is 0 Å². The lowest BCUT2D eigenvalue weighted by Gasteiger charge is -2.22. The maximum Gasteiger partial charge on any atom is 0.0542 e. The maximum absolute atomic E-state index is 2.47. The second kappa shape index (κ2) is 14.9. The van der Waals surface area contributed by atoms with E-state index in [1.54, 1.807) is 0 Å². The third kappa shape index (κ3) is 6.00. The Morgan fingerprint density at radius 1 is 0.270 bits per heavy atom. The summed E-state index contributed by atoms with van der Waals surface area (Å²) in [5.41, 5.74) is 16.5. The summed E-state index contributed by atoms with van der Waals surface area (Å²) in [5.74, 6) is 1.41. The van der Waals surface area contributed by atoms with Crippen LogP contribution in [0.2, 0.25) is 0 Å². The van der Waals surface area contributed by atoms with Gasteiger partial charge in [-0.05, 0) is 145 Å². The van der Waals surface area contributed by atoms with Crippen molar-refractivity contribution >= 4 is 65.4 Å². The number of rotatable bonds is 6. The number of hydrogen-bond acceptors (Lipinski definition) is 0. The van der Waals surface area contributed by atoms with Crippen molar-refractivity contribution in [3.8, 4) is 28.2 Å². The zero-order valence-corrected chi connectivity index (χ0v) is 35.8. The summed E-state index contributed by atoms with van der Waals surface area (Å²) < 4.78 is 7.38. The first-order valence-corrected chi connectivity index (χ1v) is 23.6. The van der Waals surface area contributed by atoms with E-state index in [2.05, 4.69) is 190 Å². The van der Waals surface area contributed by atoms with E-state index in [1.165, 1.54) is 169 Å². The van der Waals surface area contributed by atoms with Crippen LogP contribution in [-0.2, 0) is 0 Å². The Kier molecular flexibility index (Phi) is 8.71. The third-order valence-electron chi connectivity index (χ3n) is 15.0. The summed E-state index contributed by atoms with van der Waals surface area (Å²) in [6.07, 6.45) is 13.5. The first-order chi connectivity index (χ1) is 31.2. The van der Waals surface area contributed by atoms with Gasteiger partial charge in [0.25, 0.3) is 0 Å². The normalized spacial score (nSPS) is 15.5. The fourth-order valence-electron chi connectivity index (χ4n) is 11.9. The summed E-state index contributed by atoms with van der Waals surface area (Å²) in [6, 6.07) is 66.9. The highest BCUT2D eigenvalue weighted by molar-refractivity contribution is 6.14. The molecule has 0 unspecified atom stereocenters. The Balaban J connectivity index is 0.902. The van der Waals surface area contributed by atoms with Gasteiger partial charge in [0.2, 0.25) is 0 Å². The second-order valence-corrected chi connectivity index (χ2v) is 18.6. The van der Waals surface area contributed by atoms with Crippen LogP contribution in [0.1, 0.15) is 87.2 Å². The number of aromatic nitrogens is 3. The standard InChI is InChI=1S/C60H51N3/c1-3-13-40(14-4-1)42-23-29-46(30-24-42)61-55-20-10-7-17-49(55)52-37-44(27-34-58(52)61)45-28-35-59-53(38-45)50-18-8-12-22-57(50)63(59)48-33-36-60-54(39-48)51-19-9-11-21-56(51)62(60)47-31-25-43(26-32-47)41-15-5-2-6-16-41/h7-12,17-41H,1-6,13-16H2. The van der Waals surface area contributed by atoms with Crippen molar-refractivity contribution in [1.82, 2.24) is 13.7 Å². The molecule has 0 amide bonds. The number of nitrogens with zero attached hydrogens (tertiary/aromatic N) is 3. The largest absolute Gasteiger partial charge is 0.309 e. The third-order valence-corrected chi connectivity index (χ3v) is 15.0. The smallest absolute Gasteiger partial charge is 0.0542 e. The predicted molar refractivity (Wildman–Crippen MR) is 267 cm³/mol. The van der Waals surface area contributed by atoms with Gasteiger partial charge in [-0.2, -0.15) is 0 Å². The Labute approximate surface area is 368 Å². The van der Waals surface area contributed by atoms with E-state index in [0.29, 0.717) is 11.8 Å². The molecular weight excluding hydrogens is 763 g/mol. The highest BCUT2D eigenvalue weighted by atomic mass is 15.0. The molecule has 0 bridgehead atoms. The van der Waals surface area contributed by atoms with Crippen molar-refractivity contribution < 1.29 is 0 Å². The van der Waals surface area contributed by atoms with E-state index in [0.717, 1.165) is 0 Å². The molecule has 8 aromatic carbocycles. The molecule has 3 heterocycles. The van der Waals surface area contributed by atoms with Gasteiger partial charge in [-0.25, -0.2) is 0 Å². The van der Waals surface area contributed by atoms with Crippen LogP contribution in [0, 0.1) is 0 Å². The zero-order chi connectivity index (χ0) is 41.4. The molecule has 2 aliphatic rings. The zero-order valence-electron chi connectivity index (χ0n) is 35.8. The van der Waals surface area contributed by atoms with Crippen LogP contribution in [0.25, 0.3) is 93.6 Å². The van der Waals surface area contributed by atoms with Crippen LogP contribution in [0.15, 0.2) is 176 Å². The minimum Gasteiger partial charge on any atom is -0.309 e. The summed E-state index contributed by atoms with van der Waals surface area (Å²) in [5, 5.41) is 7.66. The van der Waals surface area contributed by atoms with Gasteiger partial charge in [0, 0.05) is 49.4 Å². The van der Waals surface area contributed by atoms with Crippen molar-refractivity contribution in [2.75, 3.05) is 0 Å². The minimum atomic E-state index is 0.701. The van der Waals surface area contributed by atoms with Gasteiger partial charge in [0.05, 0.1) is 33.1 Å². The molecule has 0 atom stereocenters. The molecule has 2 aliphatic carbocycles. The van der Waals surface area contributed by atoms with Crippen molar-refractivity contribution in [1.29, 1.82) is 0 Å². The van der Waals surface area contributed by atoms with Crippen LogP contribution in [-0.4, -0.2) is 13.7 Å². The van der Waals surface area contributed by atoms with Gasteiger partial charge in [0.1, 0.15) is 0 Å². The Hall–Kier alpha value is -6.84. The average molecular weight is 814 g/mol. The molecule has 0 radical (unpaired) electrons. The minimum absolute atomic E-state index is 0.701. The molecule has 0 aliphatic heterocycles. The van der Waals surface area contributed by atoms with E-state index in [4.69, 9.17) is 0 Å². The molecular formula is C60H51N3. The summed E-state index contributed by atoms with van der Waals surface area (Å²) in [6.45, 7) is 0. The molecule has 0 N–H and O–H groups in total. The molecule has 0 saturated heterocycles. The van der Waals surface area contributed by atoms with E-state index in [-0.39, 0.29) is 0 Å². The lowest BCUT2D eigenvalue weighted by atomic mass is 9.84. The van der Waals surface area contributed by atoms with Crippen LogP contribution in [0.4, 0.5) is 0 Å². The number of benzene rings is 8. The molecule has 2 fully saturated rings. The molecule has 13 rings (SSSR count). The highest BCUT2D eigenvalue weighted by Gasteiger charge is 2.21. The number of para-hydroxylation sites is 3. The molecule has 11 aromatic rings. The molecule has 0 spiro atoms. The molecule has 306 valence electrons. The van der Waals surface area contributed by atoms with Gasteiger partial charge in [-0.1, -0.05) is 130 Å². The van der Waals surface area contributed by atoms with Gasteiger partial charge >= 0.3 is 0 Å². The predicted octanol–water partition coefficient (Wildman–Crippen LogP) is 16.7. The molecule has 3 heteroatoms. The van der Waals surface area contributed by atoms with Crippen molar-refractivity contribution in [2.24, 2.45) is 0 Å². The Morgan fingerprint density at radius 3 is 1.03 bits per heavy atom. The first-order valence-electron chi connectivity index (χ1n) is 23.6. The Morgan fingerprint density at radius 2 is 0.603 bits per heavy atom. The van der Waals surface area contributed by atoms with Gasteiger partial charge in [-0.3, -0.25) is 0 Å². The van der Waals surface area contributed by atoms with Gasteiger partial charge in [-0.15, -0.1) is 0 Å². The SMILES string of the molecule is c1ccc2c(c1)c1cc(-c3ccc4c(c3)c3ccccc3n4-c3ccc4c(c3)c3ccccc3n4-c3ccc(C4CCCCC4)cc3)ccc1n2-c1ccc(C2CCCCC2)cc1. The van der Waals surface area contributed by atoms with Crippen LogP contribution < -0.4 is 0 Å². The van der Waals surface area contributed by atoms with Crippen LogP contribution >= 0.6 is 0 Å². The quantitative estimate of drug-likeness (QED) is 0.159. The van der Waals surface area contributed by atoms with Crippen molar-refractivity contribution in [2.45, 2.75) is 76.0 Å². The van der Waals surface area contributed by atoms with E-state index in [1.807, 2.05) is 0 Å². The fourth-order valence-corrected chi connectivity index (χ4v) is 11.9. The maximum atomic E-state index is 2.47. The van der Waals surface area contributed by atoms with E-state index >= 15 is 0 Å². The summed E-state index contributed by atoms with van der Waals surface area (Å²) >= 11 is 0. The van der Waals surface area contributed by atoms with E-state index in [9.17, 15) is 0 Å². The number of fused-ring (bicyclic) bond motifs is 9. The molecule has 2 saturated carbocycles. The lowest BCUT2D eigenvalue weighted by Crippen LogP contribution is -2.04. The fraction of sp³-hybridized carbons (Fsp3) is 0.200. The topological polar surface area (TPSA) is 14.8 Å². The van der Waals surface area contributed by atoms with Gasteiger partial charge in [0.15, 0.2) is 0 Å². The monoisotopic (exact) mass is 813 g/mol. The second-order valence-electron chi connectivity index (χ2n) is 18.6. The molecule has 3 aromatic heterocycles. The lowest BCUT2D eigenvalue weighted by molar-refractivity contribution is 0.443.